The highest BCUT2D eigenvalue weighted by atomic mass is 16.1. The summed E-state index contributed by atoms with van der Waals surface area (Å²) >= 11 is 0. The Morgan fingerprint density at radius 2 is 1.33 bits per heavy atom. The summed E-state index contributed by atoms with van der Waals surface area (Å²) in [6.45, 7) is 4.38. The lowest BCUT2D eigenvalue weighted by molar-refractivity contribution is -0.122. The van der Waals surface area contributed by atoms with Crippen LogP contribution in [0.4, 0.5) is 0 Å². The van der Waals surface area contributed by atoms with Gasteiger partial charge in [-0.1, -0.05) is 23.3 Å². The largest absolute Gasteiger partial charge is 0.299 e. The summed E-state index contributed by atoms with van der Waals surface area (Å²) < 4.78 is 0. The van der Waals surface area contributed by atoms with Crippen LogP contribution >= 0.6 is 0 Å². The van der Waals surface area contributed by atoms with Crippen LogP contribution in [0.15, 0.2) is 23.3 Å². The van der Waals surface area contributed by atoms with E-state index in [1.165, 1.54) is 25.7 Å². The topological polar surface area (TPSA) is 17.1 Å². The Labute approximate surface area is 107 Å². The molecule has 0 unspecified atom stereocenters. The summed E-state index contributed by atoms with van der Waals surface area (Å²) in [6, 6.07) is 0. The summed E-state index contributed by atoms with van der Waals surface area (Å²) in [5.41, 5.74) is 5.00. The Bertz CT molecular complexity index is 518. The quantitative estimate of drug-likeness (QED) is 0.593. The van der Waals surface area contributed by atoms with Crippen LogP contribution in [0.25, 0.3) is 0 Å². The van der Waals surface area contributed by atoms with Crippen LogP contribution in [0.1, 0.15) is 25.7 Å². The van der Waals surface area contributed by atoms with Crippen LogP contribution in [0, 0.1) is 47.3 Å². The molecule has 0 heterocycles. The van der Waals surface area contributed by atoms with Gasteiger partial charge in [-0.25, -0.2) is 0 Å². The Balaban J connectivity index is 1.60. The van der Waals surface area contributed by atoms with Crippen LogP contribution in [0.5, 0.6) is 0 Å². The third-order valence-electron chi connectivity index (χ3n) is 7.49. The molecule has 92 valence electrons. The predicted octanol–water partition coefficient (Wildman–Crippen LogP) is 2.98. The molecule has 0 saturated heterocycles. The van der Waals surface area contributed by atoms with E-state index in [-0.39, 0.29) is 0 Å². The molecule has 0 aromatic rings. The van der Waals surface area contributed by atoms with Gasteiger partial charge in [0.2, 0.25) is 0 Å². The van der Waals surface area contributed by atoms with E-state index in [9.17, 15) is 4.79 Å². The minimum absolute atomic E-state index is 0.392. The minimum atomic E-state index is 0.392. The SMILES string of the molecule is C=C1[C@H]2C[C@@H]3C[C@H]2/C(=C2\[C@H]4C[C@@H]5C[C@H]4C(=O)[C@H]25)[C@H]13. The molecule has 0 spiro atoms. The van der Waals surface area contributed by atoms with Gasteiger partial charge in [0.15, 0.2) is 0 Å². The van der Waals surface area contributed by atoms with Crippen molar-refractivity contribution in [2.45, 2.75) is 25.7 Å². The molecule has 8 rings (SSSR count). The molecule has 0 aromatic carbocycles. The second-order valence-corrected chi connectivity index (χ2v) is 7.73. The lowest BCUT2D eigenvalue weighted by atomic mass is 9.83. The van der Waals surface area contributed by atoms with Gasteiger partial charge in [-0.3, -0.25) is 4.79 Å². The summed E-state index contributed by atoms with van der Waals surface area (Å²) in [7, 11) is 0. The molecule has 1 nitrogen and oxygen atoms in total. The number of ketones is 1. The van der Waals surface area contributed by atoms with Crippen LogP contribution in [0.2, 0.25) is 0 Å². The van der Waals surface area contributed by atoms with E-state index in [0.29, 0.717) is 23.5 Å². The van der Waals surface area contributed by atoms with Crippen molar-refractivity contribution in [2.75, 3.05) is 0 Å². The van der Waals surface area contributed by atoms with Crippen LogP contribution < -0.4 is 0 Å². The van der Waals surface area contributed by atoms with Crippen molar-refractivity contribution in [3.05, 3.63) is 23.3 Å². The molecule has 0 amide bonds. The lowest BCUT2D eigenvalue weighted by Crippen LogP contribution is -2.13. The van der Waals surface area contributed by atoms with Crippen molar-refractivity contribution in [1.29, 1.82) is 0 Å². The molecule has 8 aliphatic rings. The van der Waals surface area contributed by atoms with Gasteiger partial charge in [0.05, 0.1) is 0 Å². The Kier molecular flexibility index (Phi) is 1.22. The molecule has 8 fully saturated rings. The van der Waals surface area contributed by atoms with E-state index in [0.717, 1.165) is 29.6 Å². The predicted molar refractivity (Wildman–Crippen MR) is 67.6 cm³/mol. The van der Waals surface area contributed by atoms with Gasteiger partial charge in [-0.05, 0) is 55.3 Å². The molecule has 8 atom stereocenters. The highest BCUT2D eigenvalue weighted by Gasteiger charge is 2.67. The first-order valence-electron chi connectivity index (χ1n) is 7.72. The summed E-state index contributed by atoms with van der Waals surface area (Å²) in [5.74, 6) is 6.20. The molecule has 0 N–H and O–H groups in total. The average Bonchev–Trinajstić information content (AvgIpc) is 3.13. The van der Waals surface area contributed by atoms with Gasteiger partial charge >= 0.3 is 0 Å². The third kappa shape index (κ3) is 0.673. The van der Waals surface area contributed by atoms with Crippen molar-refractivity contribution < 1.29 is 4.79 Å². The van der Waals surface area contributed by atoms with Crippen LogP contribution in [-0.2, 0) is 4.79 Å². The minimum Gasteiger partial charge on any atom is -0.299 e. The van der Waals surface area contributed by atoms with E-state index < -0.39 is 0 Å². The van der Waals surface area contributed by atoms with Crippen LogP contribution in [0.3, 0.4) is 0 Å². The second kappa shape index (κ2) is 2.42. The average molecular weight is 238 g/mol. The van der Waals surface area contributed by atoms with Gasteiger partial charge < -0.3 is 0 Å². The first-order valence-corrected chi connectivity index (χ1v) is 7.72. The maximum atomic E-state index is 12.3. The smallest absolute Gasteiger partial charge is 0.143 e. The molecule has 18 heavy (non-hydrogen) atoms. The summed E-state index contributed by atoms with van der Waals surface area (Å²) in [5, 5.41) is 0. The maximum absolute atomic E-state index is 12.3. The van der Waals surface area contributed by atoms with E-state index in [1.54, 1.807) is 16.7 Å². The van der Waals surface area contributed by atoms with Crippen molar-refractivity contribution in [3.63, 3.8) is 0 Å². The van der Waals surface area contributed by atoms with Crippen LogP contribution in [-0.4, -0.2) is 5.78 Å². The number of hydrogen-bond donors (Lipinski definition) is 0. The van der Waals surface area contributed by atoms with E-state index in [4.69, 9.17) is 0 Å². The molecule has 0 aliphatic heterocycles. The van der Waals surface area contributed by atoms with Gasteiger partial charge in [-0.2, -0.15) is 0 Å². The van der Waals surface area contributed by atoms with E-state index in [1.807, 2.05) is 0 Å². The van der Waals surface area contributed by atoms with Gasteiger partial charge in [0, 0.05) is 17.8 Å². The molecule has 8 aliphatic carbocycles. The molecule has 8 bridgehead atoms. The summed E-state index contributed by atoms with van der Waals surface area (Å²) in [4.78, 5) is 12.3. The number of Topliss-reactive ketones (excluding diaryl/α,β-unsaturated/α-hetero) is 1. The Morgan fingerprint density at radius 3 is 1.83 bits per heavy atom. The van der Waals surface area contributed by atoms with Gasteiger partial charge in [0.1, 0.15) is 5.78 Å². The number of hydrogen-bond acceptors (Lipinski definition) is 1. The highest BCUT2D eigenvalue weighted by molar-refractivity contribution is 5.94. The Morgan fingerprint density at radius 1 is 0.778 bits per heavy atom. The van der Waals surface area contributed by atoms with Crippen molar-refractivity contribution >= 4 is 5.78 Å². The number of allylic oxidation sites excluding steroid dienone is 3. The lowest BCUT2D eigenvalue weighted by Gasteiger charge is -2.20. The fourth-order valence-corrected chi connectivity index (χ4v) is 7.22. The molecule has 1 heteroatoms. The zero-order valence-electron chi connectivity index (χ0n) is 10.6. The van der Waals surface area contributed by atoms with Gasteiger partial charge in [0.25, 0.3) is 0 Å². The van der Waals surface area contributed by atoms with Crippen molar-refractivity contribution in [1.82, 2.24) is 0 Å². The van der Waals surface area contributed by atoms with Gasteiger partial charge in [-0.15, -0.1) is 0 Å². The first-order chi connectivity index (χ1) is 8.75. The first kappa shape index (κ1) is 9.12. The zero-order valence-corrected chi connectivity index (χ0v) is 10.6. The maximum Gasteiger partial charge on any atom is 0.143 e. The monoisotopic (exact) mass is 238 g/mol. The number of carbonyl (C=O) groups is 1. The third-order valence-corrected chi connectivity index (χ3v) is 7.49. The second-order valence-electron chi connectivity index (χ2n) is 7.73. The van der Waals surface area contributed by atoms with Crippen molar-refractivity contribution in [2.24, 2.45) is 47.3 Å². The highest BCUT2D eigenvalue weighted by Crippen LogP contribution is 2.73. The Hall–Kier alpha value is -0.850. The molecule has 0 aromatic heterocycles. The van der Waals surface area contributed by atoms with E-state index >= 15 is 0 Å². The number of carbonyl (C=O) groups excluding carboxylic acids is 1. The molecule has 8 saturated carbocycles. The normalized spacial score (nSPS) is 65.6. The zero-order chi connectivity index (χ0) is 11.8. The number of rotatable bonds is 0. The fraction of sp³-hybridized carbons (Fsp3) is 0.706. The molecular weight excluding hydrogens is 220 g/mol. The van der Waals surface area contributed by atoms with E-state index in [2.05, 4.69) is 6.58 Å². The fourth-order valence-electron chi connectivity index (χ4n) is 7.22. The summed E-state index contributed by atoms with van der Waals surface area (Å²) in [6.07, 6.45) is 5.42. The standard InChI is InChI=1S/C17H18O/c1-6-9-2-7-3-10(9)15(13(6)7)16-11-4-8-5-12(11)17(18)14(8)16/h7-14H,1-5H2/b16-15-/t7-,8-,9-,10-,11+,12-,13-,14+/m1/s1. The van der Waals surface area contributed by atoms with Crippen molar-refractivity contribution in [3.8, 4) is 0 Å². The molecular formula is C17H18O. The molecule has 0 radical (unpaired) electrons.